The number of rotatable bonds is 7. The lowest BCUT2D eigenvalue weighted by Crippen LogP contribution is -2.43. The van der Waals surface area contributed by atoms with Crippen molar-refractivity contribution in [3.8, 4) is 11.3 Å². The van der Waals surface area contributed by atoms with Gasteiger partial charge in [-0.25, -0.2) is 13.8 Å². The van der Waals surface area contributed by atoms with Gasteiger partial charge in [-0.1, -0.05) is 0 Å². The average molecular weight is 494 g/mol. The van der Waals surface area contributed by atoms with E-state index in [9.17, 15) is 18.4 Å². The number of hydrogen-bond donors (Lipinski definition) is 2. The van der Waals surface area contributed by atoms with E-state index >= 15 is 0 Å². The molecule has 7 nitrogen and oxygen atoms in total. The second kappa shape index (κ2) is 10.9. The van der Waals surface area contributed by atoms with E-state index in [-0.39, 0.29) is 41.2 Å². The number of aromatic nitrogens is 2. The van der Waals surface area contributed by atoms with E-state index in [1.165, 1.54) is 18.2 Å². The Bertz CT molecular complexity index is 1280. The van der Waals surface area contributed by atoms with Gasteiger partial charge in [0, 0.05) is 66.4 Å². The van der Waals surface area contributed by atoms with Crippen molar-refractivity contribution in [3.63, 3.8) is 0 Å². The van der Waals surface area contributed by atoms with Crippen molar-refractivity contribution in [1.29, 1.82) is 0 Å². The number of carbonyl (C=O) groups excluding carboxylic acids is 2. The Balaban J connectivity index is 1.62. The van der Waals surface area contributed by atoms with Crippen LogP contribution in [0, 0.1) is 11.6 Å². The monoisotopic (exact) mass is 493 g/mol. The molecule has 3 heterocycles. The first-order chi connectivity index (χ1) is 17.2. The first kappa shape index (κ1) is 25.4. The highest BCUT2D eigenvalue weighted by Gasteiger charge is 2.23. The molecule has 1 fully saturated rings. The predicted octanol–water partition coefficient (Wildman–Crippen LogP) is 3.91. The van der Waals surface area contributed by atoms with Gasteiger partial charge >= 0.3 is 0 Å². The minimum absolute atomic E-state index is 0.00447. The Kier molecular flexibility index (Phi) is 7.69. The molecule has 3 N–H and O–H groups in total. The molecular formula is C27H29F2N5O2. The fourth-order valence-electron chi connectivity index (χ4n) is 4.35. The molecule has 0 bridgehead atoms. The summed E-state index contributed by atoms with van der Waals surface area (Å²) in [4.78, 5) is 36.0. The van der Waals surface area contributed by atoms with Crippen molar-refractivity contribution in [3.05, 3.63) is 77.2 Å². The highest BCUT2D eigenvalue weighted by atomic mass is 19.1. The number of Topliss-reactive ketones (excluding diaryl/α,β-unsaturated/α-hetero) is 1. The topological polar surface area (TPSA) is 101 Å². The first-order valence-corrected chi connectivity index (χ1v) is 12.0. The first-order valence-electron chi connectivity index (χ1n) is 12.0. The third kappa shape index (κ3) is 5.73. The Morgan fingerprint density at radius 1 is 1.17 bits per heavy atom. The second-order valence-electron chi connectivity index (χ2n) is 9.30. The molecule has 0 unspecified atom stereocenters. The Morgan fingerprint density at radius 2 is 1.94 bits per heavy atom. The summed E-state index contributed by atoms with van der Waals surface area (Å²) in [7, 11) is 0. The van der Waals surface area contributed by atoms with Gasteiger partial charge in [-0.15, -0.1) is 0 Å². The van der Waals surface area contributed by atoms with Crippen LogP contribution in [0.4, 0.5) is 14.5 Å². The number of halogens is 2. The predicted molar refractivity (Wildman–Crippen MR) is 134 cm³/mol. The zero-order valence-corrected chi connectivity index (χ0v) is 20.3. The van der Waals surface area contributed by atoms with Crippen molar-refractivity contribution in [2.24, 2.45) is 5.73 Å². The highest BCUT2D eigenvalue weighted by Crippen LogP contribution is 2.27. The molecule has 1 aliphatic rings. The molecule has 0 spiro atoms. The molecule has 2 aromatic heterocycles. The molecule has 0 radical (unpaired) electrons. The van der Waals surface area contributed by atoms with Crippen LogP contribution in [0.2, 0.25) is 0 Å². The minimum atomic E-state index is -0.803. The summed E-state index contributed by atoms with van der Waals surface area (Å²) in [6.07, 6.45) is 4.99. The summed E-state index contributed by atoms with van der Waals surface area (Å²) in [5.74, 6) is -2.36. The van der Waals surface area contributed by atoms with Crippen LogP contribution in [0.15, 0.2) is 48.8 Å². The fraction of sp³-hybridized carbons (Fsp3) is 0.333. The summed E-state index contributed by atoms with van der Waals surface area (Å²) < 4.78 is 29.4. The number of nitrogens with two attached hydrogens (primary N) is 1. The number of benzene rings is 1. The Hall–Kier alpha value is -3.72. The molecule has 9 heteroatoms. The molecule has 3 aromatic rings. The second-order valence-corrected chi connectivity index (χ2v) is 9.30. The number of ketones is 1. The van der Waals surface area contributed by atoms with Gasteiger partial charge in [0.05, 0.1) is 5.69 Å². The van der Waals surface area contributed by atoms with Crippen molar-refractivity contribution < 1.29 is 18.4 Å². The van der Waals surface area contributed by atoms with Crippen molar-refractivity contribution in [2.45, 2.75) is 45.2 Å². The van der Waals surface area contributed by atoms with Gasteiger partial charge in [0.1, 0.15) is 11.5 Å². The van der Waals surface area contributed by atoms with Crippen LogP contribution >= 0.6 is 0 Å². The van der Waals surface area contributed by atoms with Gasteiger partial charge in [-0.05, 0) is 63.1 Å². The molecule has 4 rings (SSSR count). The standard InChI is InChI=1S/C27H29F2N5O2/c1-16(2)32-27(36)17-5-6-21(28)20(12-17)23-8-7-22(29)26(33-23)25(35)13-18-14-31-10-9-24(18)34-11-3-4-19(30)15-34/h5-10,12,14,16,19H,3-4,11,13,15,30H2,1-2H3,(H,32,36)/t19-/m0/s1. The lowest BCUT2D eigenvalue weighted by Gasteiger charge is -2.33. The number of amides is 1. The number of nitrogens with zero attached hydrogens (tertiary/aromatic N) is 3. The Morgan fingerprint density at radius 3 is 2.69 bits per heavy atom. The van der Waals surface area contributed by atoms with Crippen molar-refractivity contribution in [2.75, 3.05) is 18.0 Å². The van der Waals surface area contributed by atoms with Gasteiger partial charge in [0.2, 0.25) is 0 Å². The van der Waals surface area contributed by atoms with E-state index < -0.39 is 23.1 Å². The van der Waals surface area contributed by atoms with Crippen molar-refractivity contribution >= 4 is 17.4 Å². The van der Waals surface area contributed by atoms with E-state index in [1.807, 2.05) is 19.9 Å². The summed E-state index contributed by atoms with van der Waals surface area (Å²) in [6, 6.07) is 8.01. The van der Waals surface area contributed by atoms with Crippen molar-refractivity contribution in [1.82, 2.24) is 15.3 Å². The molecule has 1 aliphatic heterocycles. The maximum absolute atomic E-state index is 14.7. The SMILES string of the molecule is CC(C)NC(=O)c1ccc(F)c(-c2ccc(F)c(C(=O)Cc3cnccc3N3CCC[C@H](N)C3)n2)c1. The quantitative estimate of drug-likeness (QED) is 0.484. The van der Waals surface area contributed by atoms with Crippen LogP contribution in [0.5, 0.6) is 0 Å². The smallest absolute Gasteiger partial charge is 0.251 e. The van der Waals surface area contributed by atoms with Crippen LogP contribution in [0.25, 0.3) is 11.3 Å². The molecule has 1 saturated heterocycles. The molecule has 188 valence electrons. The van der Waals surface area contributed by atoms with Gasteiger partial charge in [0.25, 0.3) is 5.91 Å². The van der Waals surface area contributed by atoms with E-state index in [1.54, 1.807) is 12.4 Å². The van der Waals surface area contributed by atoms with Crippen LogP contribution < -0.4 is 16.0 Å². The average Bonchev–Trinajstić information content (AvgIpc) is 2.84. The third-order valence-corrected chi connectivity index (χ3v) is 6.06. The zero-order valence-electron chi connectivity index (χ0n) is 20.3. The van der Waals surface area contributed by atoms with E-state index in [0.717, 1.165) is 37.2 Å². The fourth-order valence-corrected chi connectivity index (χ4v) is 4.35. The minimum Gasteiger partial charge on any atom is -0.370 e. The molecule has 36 heavy (non-hydrogen) atoms. The van der Waals surface area contributed by atoms with Gasteiger partial charge in [-0.3, -0.25) is 14.6 Å². The maximum Gasteiger partial charge on any atom is 0.251 e. The van der Waals surface area contributed by atoms with Crippen LogP contribution in [0.1, 0.15) is 53.1 Å². The lowest BCUT2D eigenvalue weighted by atomic mass is 10.0. The van der Waals surface area contributed by atoms with Crippen LogP contribution in [-0.2, 0) is 6.42 Å². The largest absolute Gasteiger partial charge is 0.370 e. The number of hydrogen-bond acceptors (Lipinski definition) is 6. The highest BCUT2D eigenvalue weighted by molar-refractivity contribution is 5.98. The van der Waals surface area contributed by atoms with Gasteiger partial charge in [0.15, 0.2) is 11.6 Å². The van der Waals surface area contributed by atoms with E-state index in [4.69, 9.17) is 5.73 Å². The molecule has 1 aromatic carbocycles. The summed E-state index contributed by atoms with van der Waals surface area (Å²) in [6.45, 7) is 5.10. The normalized spacial score (nSPS) is 15.7. The molecular weight excluding hydrogens is 464 g/mol. The Labute approximate surface area is 208 Å². The molecule has 0 aliphatic carbocycles. The van der Waals surface area contributed by atoms with Crippen LogP contribution in [-0.4, -0.2) is 46.8 Å². The molecule has 1 atom stereocenters. The zero-order chi connectivity index (χ0) is 25.8. The number of carbonyl (C=O) groups is 2. The molecule has 1 amide bonds. The molecule has 0 saturated carbocycles. The number of nitrogens with one attached hydrogen (secondary N) is 1. The number of pyridine rings is 2. The van der Waals surface area contributed by atoms with Crippen LogP contribution in [0.3, 0.4) is 0 Å². The number of anilines is 1. The maximum atomic E-state index is 14.7. The summed E-state index contributed by atoms with van der Waals surface area (Å²) in [5, 5.41) is 2.74. The van der Waals surface area contributed by atoms with E-state index in [2.05, 4.69) is 20.2 Å². The third-order valence-electron chi connectivity index (χ3n) is 6.06. The summed E-state index contributed by atoms with van der Waals surface area (Å²) >= 11 is 0. The summed E-state index contributed by atoms with van der Waals surface area (Å²) in [5.41, 5.74) is 7.50. The van der Waals surface area contributed by atoms with Gasteiger partial charge in [-0.2, -0.15) is 0 Å². The number of piperidine rings is 1. The van der Waals surface area contributed by atoms with E-state index in [0.29, 0.717) is 12.1 Å². The lowest BCUT2D eigenvalue weighted by molar-refractivity contribution is 0.0941. The van der Waals surface area contributed by atoms with Gasteiger partial charge < -0.3 is 16.0 Å².